The van der Waals surface area contributed by atoms with Gasteiger partial charge in [0.05, 0.1) is 10.6 Å². The predicted molar refractivity (Wildman–Crippen MR) is 99.5 cm³/mol. The molecular weight excluding hydrogens is 334 g/mol. The fourth-order valence-electron chi connectivity index (χ4n) is 2.24. The second-order valence-electron chi connectivity index (χ2n) is 5.78. The standard InChI is InChI=1S/C19H21N3O4/c1-4-15-6-9-17(10-7-15)26-12-19(23)21-20-14(3)16-8-5-13(2)18(11-16)22(24)25/h5-11H,4,12H2,1-3H3,(H,21,23)/b20-14-. The predicted octanol–water partition coefficient (Wildman–Crippen LogP) is 3.38. The zero-order chi connectivity index (χ0) is 19.1. The van der Waals surface area contributed by atoms with E-state index in [9.17, 15) is 14.9 Å². The lowest BCUT2D eigenvalue weighted by atomic mass is 10.1. The zero-order valence-corrected chi connectivity index (χ0v) is 15.0. The average molecular weight is 355 g/mol. The summed E-state index contributed by atoms with van der Waals surface area (Å²) in [6.07, 6.45) is 0.936. The minimum Gasteiger partial charge on any atom is -0.484 e. The van der Waals surface area contributed by atoms with Crippen LogP contribution >= 0.6 is 0 Å². The average Bonchev–Trinajstić information content (AvgIpc) is 2.64. The van der Waals surface area contributed by atoms with Crippen LogP contribution < -0.4 is 10.2 Å². The quantitative estimate of drug-likeness (QED) is 0.468. The van der Waals surface area contributed by atoms with Crippen LogP contribution in [-0.4, -0.2) is 23.1 Å². The number of ether oxygens (including phenoxy) is 1. The van der Waals surface area contributed by atoms with Crippen molar-refractivity contribution in [3.05, 3.63) is 69.3 Å². The Morgan fingerprint density at radius 3 is 2.54 bits per heavy atom. The first kappa shape index (κ1) is 19.1. The summed E-state index contributed by atoms with van der Waals surface area (Å²) >= 11 is 0. The molecular formula is C19H21N3O4. The molecule has 0 bridgehead atoms. The largest absolute Gasteiger partial charge is 0.484 e. The fourth-order valence-corrected chi connectivity index (χ4v) is 2.24. The molecule has 2 rings (SSSR count). The number of nitrogens with one attached hydrogen (secondary N) is 1. The van der Waals surface area contributed by atoms with Crippen LogP contribution in [0.4, 0.5) is 5.69 Å². The first-order valence-corrected chi connectivity index (χ1v) is 8.21. The molecule has 26 heavy (non-hydrogen) atoms. The number of nitro benzene ring substituents is 1. The lowest BCUT2D eigenvalue weighted by molar-refractivity contribution is -0.385. The number of carbonyl (C=O) groups excluding carboxylic acids is 1. The Balaban J connectivity index is 1.94. The van der Waals surface area contributed by atoms with E-state index in [0.29, 0.717) is 22.6 Å². The SMILES string of the molecule is CCc1ccc(OCC(=O)N/N=C(/C)c2ccc(C)c([N+](=O)[O-])c2)cc1. The van der Waals surface area contributed by atoms with E-state index in [4.69, 9.17) is 4.74 Å². The number of nitro groups is 1. The van der Waals surface area contributed by atoms with Crippen molar-refractivity contribution in [2.24, 2.45) is 5.10 Å². The van der Waals surface area contributed by atoms with Gasteiger partial charge in [-0.1, -0.05) is 31.2 Å². The third-order valence-corrected chi connectivity index (χ3v) is 3.87. The summed E-state index contributed by atoms with van der Waals surface area (Å²) < 4.78 is 5.40. The van der Waals surface area contributed by atoms with Gasteiger partial charge < -0.3 is 4.74 Å². The molecule has 0 atom stereocenters. The van der Waals surface area contributed by atoms with Crippen LogP contribution in [0.25, 0.3) is 0 Å². The van der Waals surface area contributed by atoms with Crippen LogP contribution in [0.2, 0.25) is 0 Å². The number of rotatable bonds is 7. The summed E-state index contributed by atoms with van der Waals surface area (Å²) in [5.74, 6) is 0.192. The van der Waals surface area contributed by atoms with E-state index < -0.39 is 10.8 Å². The van der Waals surface area contributed by atoms with Gasteiger partial charge >= 0.3 is 0 Å². The number of benzene rings is 2. The molecule has 0 fully saturated rings. The van der Waals surface area contributed by atoms with E-state index in [2.05, 4.69) is 17.5 Å². The Bertz CT molecular complexity index is 829. The Labute approximate surface area is 151 Å². The topological polar surface area (TPSA) is 93.8 Å². The zero-order valence-electron chi connectivity index (χ0n) is 15.0. The summed E-state index contributed by atoms with van der Waals surface area (Å²) in [6, 6.07) is 12.3. The molecule has 0 unspecified atom stereocenters. The molecule has 0 aliphatic heterocycles. The summed E-state index contributed by atoms with van der Waals surface area (Å²) in [4.78, 5) is 22.4. The minimum atomic E-state index is -0.442. The maximum Gasteiger partial charge on any atom is 0.277 e. The third kappa shape index (κ3) is 5.14. The Morgan fingerprint density at radius 1 is 1.23 bits per heavy atom. The summed E-state index contributed by atoms with van der Waals surface area (Å²) in [5, 5.41) is 15.0. The Morgan fingerprint density at radius 2 is 1.92 bits per heavy atom. The monoisotopic (exact) mass is 355 g/mol. The molecule has 7 nitrogen and oxygen atoms in total. The van der Waals surface area contributed by atoms with Crippen molar-refractivity contribution in [3.63, 3.8) is 0 Å². The van der Waals surface area contributed by atoms with Crippen LogP contribution in [0, 0.1) is 17.0 Å². The molecule has 2 aromatic rings. The number of nitrogens with zero attached hydrogens (tertiary/aromatic N) is 2. The van der Waals surface area contributed by atoms with Crippen LogP contribution in [-0.2, 0) is 11.2 Å². The van der Waals surface area contributed by atoms with Crippen LogP contribution in [0.1, 0.15) is 30.5 Å². The van der Waals surface area contributed by atoms with E-state index in [0.717, 1.165) is 6.42 Å². The van der Waals surface area contributed by atoms with Gasteiger partial charge in [-0.3, -0.25) is 14.9 Å². The van der Waals surface area contributed by atoms with Crippen LogP contribution in [0.5, 0.6) is 5.75 Å². The highest BCUT2D eigenvalue weighted by atomic mass is 16.6. The van der Waals surface area contributed by atoms with E-state index >= 15 is 0 Å². The number of aryl methyl sites for hydroxylation is 2. The molecule has 136 valence electrons. The molecule has 0 radical (unpaired) electrons. The number of carbonyl (C=O) groups is 1. The second-order valence-corrected chi connectivity index (χ2v) is 5.78. The molecule has 7 heteroatoms. The highest BCUT2D eigenvalue weighted by Crippen LogP contribution is 2.19. The minimum absolute atomic E-state index is 0.0160. The summed E-state index contributed by atoms with van der Waals surface area (Å²) in [7, 11) is 0. The molecule has 2 aromatic carbocycles. The van der Waals surface area contributed by atoms with Gasteiger partial charge in [0, 0.05) is 17.2 Å². The van der Waals surface area contributed by atoms with E-state index in [1.54, 1.807) is 26.0 Å². The molecule has 0 aromatic heterocycles. The van der Waals surface area contributed by atoms with Gasteiger partial charge in [0.2, 0.25) is 0 Å². The normalized spacial score (nSPS) is 11.1. The number of hydrogen-bond donors (Lipinski definition) is 1. The molecule has 1 N–H and O–H groups in total. The van der Waals surface area contributed by atoms with Crippen molar-refractivity contribution >= 4 is 17.3 Å². The van der Waals surface area contributed by atoms with E-state index in [-0.39, 0.29) is 12.3 Å². The molecule has 0 aliphatic carbocycles. The maximum absolute atomic E-state index is 11.9. The van der Waals surface area contributed by atoms with Gasteiger partial charge in [-0.05, 0) is 38.0 Å². The van der Waals surface area contributed by atoms with Gasteiger partial charge in [0.1, 0.15) is 5.75 Å². The molecule has 0 saturated carbocycles. The lowest BCUT2D eigenvalue weighted by Crippen LogP contribution is -2.25. The number of hydrogen-bond acceptors (Lipinski definition) is 5. The first-order valence-electron chi connectivity index (χ1n) is 8.21. The van der Waals surface area contributed by atoms with Gasteiger partial charge in [-0.15, -0.1) is 0 Å². The van der Waals surface area contributed by atoms with Crippen molar-refractivity contribution in [2.45, 2.75) is 27.2 Å². The Kier molecular flexibility index (Phi) is 6.43. The van der Waals surface area contributed by atoms with Crippen molar-refractivity contribution in [2.75, 3.05) is 6.61 Å². The van der Waals surface area contributed by atoms with Gasteiger partial charge in [0.25, 0.3) is 11.6 Å². The van der Waals surface area contributed by atoms with E-state index in [1.165, 1.54) is 11.6 Å². The maximum atomic E-state index is 11.9. The van der Waals surface area contributed by atoms with Crippen LogP contribution in [0.3, 0.4) is 0 Å². The smallest absolute Gasteiger partial charge is 0.277 e. The lowest BCUT2D eigenvalue weighted by Gasteiger charge is -2.07. The number of amides is 1. The Hall–Kier alpha value is -3.22. The fraction of sp³-hybridized carbons (Fsp3) is 0.263. The van der Waals surface area contributed by atoms with Crippen molar-refractivity contribution in [1.29, 1.82) is 0 Å². The van der Waals surface area contributed by atoms with Crippen molar-refractivity contribution in [1.82, 2.24) is 5.43 Å². The van der Waals surface area contributed by atoms with Gasteiger partial charge in [-0.25, -0.2) is 5.43 Å². The molecule has 0 aliphatic rings. The number of hydrazone groups is 1. The summed E-state index contributed by atoms with van der Waals surface area (Å²) in [5.41, 5.74) is 5.20. The molecule has 0 spiro atoms. The van der Waals surface area contributed by atoms with Gasteiger partial charge in [0.15, 0.2) is 6.61 Å². The van der Waals surface area contributed by atoms with E-state index in [1.807, 2.05) is 24.3 Å². The highest BCUT2D eigenvalue weighted by Gasteiger charge is 2.12. The third-order valence-electron chi connectivity index (χ3n) is 3.87. The van der Waals surface area contributed by atoms with Gasteiger partial charge in [-0.2, -0.15) is 5.10 Å². The summed E-state index contributed by atoms with van der Waals surface area (Å²) in [6.45, 7) is 5.22. The highest BCUT2D eigenvalue weighted by molar-refractivity contribution is 5.99. The van der Waals surface area contributed by atoms with Crippen molar-refractivity contribution < 1.29 is 14.5 Å². The second kappa shape index (κ2) is 8.75. The molecule has 0 heterocycles. The molecule has 1 amide bonds. The van der Waals surface area contributed by atoms with Crippen LogP contribution in [0.15, 0.2) is 47.6 Å². The molecule has 0 saturated heterocycles. The first-order chi connectivity index (χ1) is 12.4. The van der Waals surface area contributed by atoms with Crippen molar-refractivity contribution in [3.8, 4) is 5.75 Å².